The molecule has 0 bridgehead atoms. The minimum Gasteiger partial charge on any atom is -0.510 e. The zero-order chi connectivity index (χ0) is 32.3. The summed E-state index contributed by atoms with van der Waals surface area (Å²) in [6.45, 7) is 15.7. The molecule has 7 rings (SSSR count). The fraction of sp³-hybridized carbons (Fsp3) is 0.238. The van der Waals surface area contributed by atoms with Gasteiger partial charge in [-0.1, -0.05) is 84.0 Å². The topological polar surface area (TPSA) is 28.6 Å². The maximum atomic E-state index is 6.30. The molecule has 4 nitrogen and oxygen atoms in total. The molecule has 0 atom stereocenters. The number of pyridine rings is 1. The third-order valence-corrected chi connectivity index (χ3v) is 9.10. The fourth-order valence-electron chi connectivity index (χ4n) is 6.61. The summed E-state index contributed by atoms with van der Waals surface area (Å²) >= 11 is 0. The SMILES string of the molecule is CN1C=CN(c2[c-]c(C3(c4cccc(Oc5[c-]cccc5)n4)c4cc(C(C)(C)C)ccc4-c4ccc(C(C)(C)C)cc43)ccc2)[CH-]1.[Pt]. The van der Waals surface area contributed by atoms with E-state index >= 15 is 0 Å². The van der Waals surface area contributed by atoms with Crippen molar-refractivity contribution in [3.63, 3.8) is 0 Å². The van der Waals surface area contributed by atoms with E-state index in [0.717, 1.165) is 16.9 Å². The van der Waals surface area contributed by atoms with E-state index in [9.17, 15) is 0 Å². The first kappa shape index (κ1) is 32.8. The van der Waals surface area contributed by atoms with E-state index in [1.54, 1.807) is 0 Å². The average Bonchev–Trinajstić information content (AvgIpc) is 3.60. The second kappa shape index (κ2) is 12.1. The Labute approximate surface area is 294 Å². The molecule has 1 aliphatic heterocycles. The number of para-hydroxylation sites is 1. The maximum Gasteiger partial charge on any atom is 0.216 e. The van der Waals surface area contributed by atoms with Crippen LogP contribution in [0.3, 0.4) is 0 Å². The molecule has 0 saturated carbocycles. The van der Waals surface area contributed by atoms with Crippen molar-refractivity contribution in [3.05, 3.63) is 162 Å². The number of hydrogen-bond acceptors (Lipinski definition) is 4. The van der Waals surface area contributed by atoms with E-state index < -0.39 is 5.41 Å². The van der Waals surface area contributed by atoms with Gasteiger partial charge in [-0.25, -0.2) is 4.98 Å². The van der Waals surface area contributed by atoms with Crippen LogP contribution in [0.25, 0.3) is 11.1 Å². The van der Waals surface area contributed by atoms with Crippen LogP contribution in [0.2, 0.25) is 0 Å². The molecule has 2 heterocycles. The van der Waals surface area contributed by atoms with E-state index in [0.29, 0.717) is 11.6 Å². The molecule has 242 valence electrons. The van der Waals surface area contributed by atoms with Crippen LogP contribution in [0.4, 0.5) is 5.69 Å². The van der Waals surface area contributed by atoms with Gasteiger partial charge in [0.15, 0.2) is 0 Å². The van der Waals surface area contributed by atoms with Crippen molar-refractivity contribution in [1.29, 1.82) is 0 Å². The summed E-state index contributed by atoms with van der Waals surface area (Å²) in [6.07, 6.45) is 4.11. The number of ether oxygens (including phenoxy) is 1. The minimum absolute atomic E-state index is 0. The molecular formula is C42H40N3OPt-3. The summed E-state index contributed by atoms with van der Waals surface area (Å²) in [7, 11) is 2.03. The first-order valence-corrected chi connectivity index (χ1v) is 15.9. The summed E-state index contributed by atoms with van der Waals surface area (Å²) in [4.78, 5) is 9.47. The van der Waals surface area contributed by atoms with E-state index in [4.69, 9.17) is 9.72 Å². The molecular weight excluding hydrogens is 758 g/mol. The second-order valence-electron chi connectivity index (χ2n) is 14.4. The van der Waals surface area contributed by atoms with Crippen molar-refractivity contribution in [2.24, 2.45) is 0 Å². The standard InChI is InChI=1S/C42H40N3O.Pt/c1-40(2,3)29-19-21-34-35-22-20-30(41(4,5)6)27-37(35)42(36(34)26-29,31-13-11-14-32(25-31)45-24-23-44(7)28-45)38-17-12-18-39(43-38)46-33-15-9-8-10-16-33;/h8-15,17-24,26-28H,1-7H3;/q-3;. The smallest absolute Gasteiger partial charge is 0.216 e. The van der Waals surface area contributed by atoms with Gasteiger partial charge < -0.3 is 14.5 Å². The first-order valence-electron chi connectivity index (χ1n) is 15.9. The van der Waals surface area contributed by atoms with Crippen LogP contribution in [0, 0.1) is 18.8 Å². The molecule has 5 heteroatoms. The van der Waals surface area contributed by atoms with Gasteiger partial charge in [-0.2, -0.15) is 49.1 Å². The summed E-state index contributed by atoms with van der Waals surface area (Å²) in [5.41, 5.74) is 9.48. The van der Waals surface area contributed by atoms with Gasteiger partial charge in [0, 0.05) is 32.9 Å². The van der Waals surface area contributed by atoms with Crippen molar-refractivity contribution < 1.29 is 25.8 Å². The van der Waals surface area contributed by atoms with Gasteiger partial charge in [0.1, 0.15) is 0 Å². The van der Waals surface area contributed by atoms with E-state index in [1.807, 2.05) is 48.5 Å². The summed E-state index contributed by atoms with van der Waals surface area (Å²) in [6, 6.07) is 41.3. The Kier molecular flexibility index (Phi) is 8.47. The Bertz CT molecular complexity index is 1890. The number of hydrogen-bond donors (Lipinski definition) is 0. The minimum atomic E-state index is -0.752. The van der Waals surface area contributed by atoms with Crippen molar-refractivity contribution in [1.82, 2.24) is 9.88 Å². The third kappa shape index (κ3) is 5.82. The number of benzene rings is 4. The molecule has 0 unspecified atom stereocenters. The molecule has 0 radical (unpaired) electrons. The van der Waals surface area contributed by atoms with Gasteiger partial charge in [-0.15, -0.1) is 23.4 Å². The Morgan fingerprint density at radius 3 is 1.98 bits per heavy atom. The van der Waals surface area contributed by atoms with Crippen LogP contribution in [-0.4, -0.2) is 16.9 Å². The van der Waals surface area contributed by atoms with Gasteiger partial charge in [-0.05, 0) is 69.7 Å². The summed E-state index contributed by atoms with van der Waals surface area (Å²) in [5.74, 6) is 1.16. The second-order valence-corrected chi connectivity index (χ2v) is 14.4. The molecule has 4 aromatic carbocycles. The van der Waals surface area contributed by atoms with Crippen LogP contribution in [0.1, 0.15) is 75.1 Å². The zero-order valence-corrected chi connectivity index (χ0v) is 30.3. The third-order valence-electron chi connectivity index (χ3n) is 9.10. The monoisotopic (exact) mass is 797 g/mol. The summed E-state index contributed by atoms with van der Waals surface area (Å²) < 4.78 is 6.30. The van der Waals surface area contributed by atoms with Gasteiger partial charge in [0.05, 0.1) is 11.1 Å². The van der Waals surface area contributed by atoms with Crippen LogP contribution < -0.4 is 9.64 Å². The van der Waals surface area contributed by atoms with E-state index in [1.165, 1.54) is 33.4 Å². The quantitative estimate of drug-likeness (QED) is 0.163. The van der Waals surface area contributed by atoms with Gasteiger partial charge in [0.25, 0.3) is 0 Å². The molecule has 0 saturated heterocycles. The normalized spacial score (nSPS) is 14.9. The van der Waals surface area contributed by atoms with Gasteiger partial charge in [-0.3, -0.25) is 0 Å². The van der Waals surface area contributed by atoms with E-state index in [-0.39, 0.29) is 31.9 Å². The van der Waals surface area contributed by atoms with Crippen LogP contribution in [-0.2, 0) is 37.3 Å². The molecule has 0 N–H and O–H groups in total. The predicted molar refractivity (Wildman–Crippen MR) is 187 cm³/mol. The van der Waals surface area contributed by atoms with Crippen molar-refractivity contribution in [2.45, 2.75) is 57.8 Å². The van der Waals surface area contributed by atoms with Crippen LogP contribution >= 0.6 is 0 Å². The number of nitrogens with zero attached hydrogens (tertiary/aromatic N) is 3. The van der Waals surface area contributed by atoms with Crippen molar-refractivity contribution in [3.8, 4) is 22.8 Å². The van der Waals surface area contributed by atoms with Crippen LogP contribution in [0.5, 0.6) is 11.6 Å². The Morgan fingerprint density at radius 2 is 1.40 bits per heavy atom. The number of anilines is 1. The molecule has 1 aromatic heterocycles. The Balaban J connectivity index is 0.00000386. The largest absolute Gasteiger partial charge is 0.510 e. The number of rotatable bonds is 5. The number of aromatic nitrogens is 1. The molecule has 0 amide bonds. The first-order chi connectivity index (χ1) is 21.9. The van der Waals surface area contributed by atoms with E-state index in [2.05, 4.69) is 138 Å². The fourth-order valence-corrected chi connectivity index (χ4v) is 6.61. The molecule has 1 aliphatic carbocycles. The van der Waals surface area contributed by atoms with Gasteiger partial charge in [0.2, 0.25) is 5.88 Å². The maximum absolute atomic E-state index is 6.30. The molecule has 0 fully saturated rings. The zero-order valence-electron chi connectivity index (χ0n) is 28.0. The van der Waals surface area contributed by atoms with Crippen LogP contribution in [0.15, 0.2) is 109 Å². The molecule has 2 aliphatic rings. The summed E-state index contributed by atoms with van der Waals surface area (Å²) in [5, 5.41) is 0. The van der Waals surface area contributed by atoms with Crippen molar-refractivity contribution in [2.75, 3.05) is 11.9 Å². The predicted octanol–water partition coefficient (Wildman–Crippen LogP) is 9.77. The Morgan fingerprint density at radius 1 is 0.745 bits per heavy atom. The van der Waals surface area contributed by atoms with Crippen molar-refractivity contribution >= 4 is 5.69 Å². The Hall–Kier alpha value is -4.14. The molecule has 47 heavy (non-hydrogen) atoms. The number of fused-ring (bicyclic) bond motifs is 3. The molecule has 0 spiro atoms. The molecule has 5 aromatic rings. The van der Waals surface area contributed by atoms with Gasteiger partial charge >= 0.3 is 0 Å². The average molecular weight is 798 g/mol.